The molecular weight excluding hydrogens is 264 g/mol. The van der Waals surface area contributed by atoms with Gasteiger partial charge in [0.25, 0.3) is 0 Å². The lowest BCUT2D eigenvalue weighted by Crippen LogP contribution is -2.29. The molecule has 1 aliphatic heterocycles. The van der Waals surface area contributed by atoms with Crippen molar-refractivity contribution in [3.63, 3.8) is 0 Å². The van der Waals surface area contributed by atoms with Gasteiger partial charge in [0.1, 0.15) is 0 Å². The Morgan fingerprint density at radius 1 is 1.24 bits per heavy atom. The average Bonchev–Trinajstić information content (AvgIpc) is 3.24. The van der Waals surface area contributed by atoms with Crippen molar-refractivity contribution in [3.8, 4) is 0 Å². The van der Waals surface area contributed by atoms with Crippen LogP contribution in [0.2, 0.25) is 0 Å². The van der Waals surface area contributed by atoms with E-state index in [4.69, 9.17) is 0 Å². The van der Waals surface area contributed by atoms with E-state index in [1.165, 1.54) is 19.3 Å². The predicted octanol–water partition coefficient (Wildman–Crippen LogP) is 2.18. The number of hydrogen-bond acceptors (Lipinski definition) is 3. The molecule has 114 valence electrons. The fourth-order valence-corrected chi connectivity index (χ4v) is 4.47. The van der Waals surface area contributed by atoms with Crippen molar-refractivity contribution >= 4 is 11.6 Å². The van der Waals surface area contributed by atoms with E-state index in [9.17, 15) is 4.79 Å². The normalized spacial score (nSPS) is 32.5. The molecule has 2 aliphatic carbocycles. The minimum absolute atomic E-state index is 0.215. The van der Waals surface area contributed by atoms with Gasteiger partial charge in [-0.15, -0.1) is 0 Å². The zero-order chi connectivity index (χ0) is 14.2. The second kappa shape index (κ2) is 5.44. The molecule has 0 spiro atoms. The number of nitrogens with one attached hydrogen (secondary N) is 2. The van der Waals surface area contributed by atoms with Crippen LogP contribution in [0.5, 0.6) is 0 Å². The highest BCUT2D eigenvalue weighted by Gasteiger charge is 2.43. The zero-order valence-corrected chi connectivity index (χ0v) is 12.4. The lowest BCUT2D eigenvalue weighted by Gasteiger charge is -2.22. The maximum absolute atomic E-state index is 12.4. The first-order valence-corrected chi connectivity index (χ1v) is 8.35. The number of rotatable bonds is 3. The largest absolute Gasteiger partial charge is 0.323 e. The maximum atomic E-state index is 12.4. The van der Waals surface area contributed by atoms with Crippen LogP contribution in [0.1, 0.15) is 44.6 Å². The van der Waals surface area contributed by atoms with Crippen molar-refractivity contribution in [3.05, 3.63) is 12.4 Å². The Kier molecular flexibility index (Phi) is 3.45. The molecular formula is C16H24N4O. The molecule has 2 N–H and O–H groups in total. The number of piperidine rings is 1. The van der Waals surface area contributed by atoms with E-state index in [1.807, 2.05) is 10.9 Å². The van der Waals surface area contributed by atoms with Crippen molar-refractivity contribution in [2.24, 2.45) is 17.8 Å². The van der Waals surface area contributed by atoms with Crippen LogP contribution in [0.15, 0.2) is 12.4 Å². The molecule has 0 radical (unpaired) electrons. The lowest BCUT2D eigenvalue weighted by atomic mass is 9.88. The van der Waals surface area contributed by atoms with Gasteiger partial charge in [0.15, 0.2) is 0 Å². The molecule has 2 bridgehead atoms. The van der Waals surface area contributed by atoms with E-state index in [-0.39, 0.29) is 11.8 Å². The average molecular weight is 288 g/mol. The SMILES string of the molecule is O=C(Nc1cnn(C2CCNCC2)c1)C1CC2CCC1C2. The van der Waals surface area contributed by atoms with Gasteiger partial charge in [0.2, 0.25) is 5.91 Å². The van der Waals surface area contributed by atoms with Crippen LogP contribution in [-0.4, -0.2) is 28.8 Å². The van der Waals surface area contributed by atoms with Gasteiger partial charge < -0.3 is 10.6 Å². The molecule has 1 aromatic heterocycles. The molecule has 4 rings (SSSR count). The van der Waals surface area contributed by atoms with Gasteiger partial charge in [-0.2, -0.15) is 5.10 Å². The summed E-state index contributed by atoms with van der Waals surface area (Å²) in [5, 5.41) is 10.9. The zero-order valence-electron chi connectivity index (χ0n) is 12.4. The number of nitrogens with zero attached hydrogens (tertiary/aromatic N) is 2. The Balaban J connectivity index is 1.38. The summed E-state index contributed by atoms with van der Waals surface area (Å²) in [7, 11) is 0. The highest BCUT2D eigenvalue weighted by Crippen LogP contribution is 2.48. The smallest absolute Gasteiger partial charge is 0.227 e. The first kappa shape index (κ1) is 13.3. The number of carbonyl (C=O) groups is 1. The molecule has 5 heteroatoms. The molecule has 5 nitrogen and oxygen atoms in total. The van der Waals surface area contributed by atoms with Crippen molar-refractivity contribution in [1.29, 1.82) is 0 Å². The Morgan fingerprint density at radius 2 is 2.10 bits per heavy atom. The summed E-state index contributed by atoms with van der Waals surface area (Å²) in [4.78, 5) is 12.4. The third kappa shape index (κ3) is 2.59. The first-order chi connectivity index (χ1) is 10.3. The van der Waals surface area contributed by atoms with E-state index in [0.29, 0.717) is 12.0 Å². The van der Waals surface area contributed by atoms with Gasteiger partial charge in [-0.1, -0.05) is 6.42 Å². The van der Waals surface area contributed by atoms with E-state index in [0.717, 1.165) is 44.0 Å². The molecule has 3 atom stereocenters. The molecule has 2 heterocycles. The molecule has 21 heavy (non-hydrogen) atoms. The fraction of sp³-hybridized carbons (Fsp3) is 0.750. The lowest BCUT2D eigenvalue weighted by molar-refractivity contribution is -0.121. The number of carbonyl (C=O) groups excluding carboxylic acids is 1. The Morgan fingerprint density at radius 3 is 2.81 bits per heavy atom. The minimum Gasteiger partial charge on any atom is -0.323 e. The predicted molar refractivity (Wildman–Crippen MR) is 80.9 cm³/mol. The summed E-state index contributed by atoms with van der Waals surface area (Å²) in [6.07, 6.45) is 11.0. The van der Waals surface area contributed by atoms with Crippen molar-refractivity contribution in [1.82, 2.24) is 15.1 Å². The molecule has 0 aromatic carbocycles. The molecule has 3 aliphatic rings. The van der Waals surface area contributed by atoms with Crippen LogP contribution in [0.4, 0.5) is 5.69 Å². The van der Waals surface area contributed by atoms with Crippen molar-refractivity contribution in [2.75, 3.05) is 18.4 Å². The van der Waals surface area contributed by atoms with Gasteiger partial charge in [0, 0.05) is 12.1 Å². The molecule has 3 unspecified atom stereocenters. The van der Waals surface area contributed by atoms with Gasteiger partial charge in [-0.05, 0) is 57.0 Å². The molecule has 1 aromatic rings. The summed E-state index contributed by atoms with van der Waals surface area (Å²) in [5.41, 5.74) is 0.862. The number of fused-ring (bicyclic) bond motifs is 2. The van der Waals surface area contributed by atoms with Crippen LogP contribution in [-0.2, 0) is 4.79 Å². The van der Waals surface area contributed by atoms with Crippen LogP contribution in [0, 0.1) is 17.8 Å². The molecule has 1 saturated heterocycles. The summed E-state index contributed by atoms with van der Waals surface area (Å²) in [6, 6.07) is 0.472. The summed E-state index contributed by atoms with van der Waals surface area (Å²) in [6.45, 7) is 2.11. The topological polar surface area (TPSA) is 59.0 Å². The van der Waals surface area contributed by atoms with E-state index < -0.39 is 0 Å². The quantitative estimate of drug-likeness (QED) is 0.896. The standard InChI is InChI=1S/C16H24N4O/c21-16(15-8-11-1-2-12(15)7-11)19-13-9-18-20(10-13)14-3-5-17-6-4-14/h9-12,14-15,17H,1-8H2,(H,19,21). The summed E-state index contributed by atoms with van der Waals surface area (Å²) >= 11 is 0. The third-order valence-electron chi connectivity index (χ3n) is 5.63. The van der Waals surface area contributed by atoms with Crippen LogP contribution >= 0.6 is 0 Å². The Bertz CT molecular complexity index is 520. The number of aromatic nitrogens is 2. The van der Waals surface area contributed by atoms with Crippen LogP contribution < -0.4 is 10.6 Å². The summed E-state index contributed by atoms with van der Waals surface area (Å²) in [5.74, 6) is 1.90. The minimum atomic E-state index is 0.215. The monoisotopic (exact) mass is 288 g/mol. The second-order valence-corrected chi connectivity index (χ2v) is 6.96. The molecule has 1 amide bonds. The summed E-state index contributed by atoms with van der Waals surface area (Å²) < 4.78 is 2.03. The number of hydrogen-bond donors (Lipinski definition) is 2. The van der Waals surface area contributed by atoms with Gasteiger partial charge in [-0.25, -0.2) is 0 Å². The third-order valence-corrected chi connectivity index (χ3v) is 5.63. The van der Waals surface area contributed by atoms with Crippen molar-refractivity contribution < 1.29 is 4.79 Å². The Labute approximate surface area is 125 Å². The Hall–Kier alpha value is -1.36. The van der Waals surface area contributed by atoms with E-state index in [1.54, 1.807) is 6.20 Å². The fourth-order valence-electron chi connectivity index (χ4n) is 4.47. The van der Waals surface area contributed by atoms with Gasteiger partial charge >= 0.3 is 0 Å². The molecule has 2 saturated carbocycles. The first-order valence-electron chi connectivity index (χ1n) is 8.35. The van der Waals surface area contributed by atoms with Crippen molar-refractivity contribution in [2.45, 2.75) is 44.6 Å². The molecule has 3 fully saturated rings. The second-order valence-electron chi connectivity index (χ2n) is 6.96. The van der Waals surface area contributed by atoms with Gasteiger partial charge in [0.05, 0.1) is 17.9 Å². The highest BCUT2D eigenvalue weighted by molar-refractivity contribution is 5.92. The van der Waals surface area contributed by atoms with E-state index in [2.05, 4.69) is 15.7 Å². The highest BCUT2D eigenvalue weighted by atomic mass is 16.1. The van der Waals surface area contributed by atoms with Crippen LogP contribution in [0.3, 0.4) is 0 Å². The maximum Gasteiger partial charge on any atom is 0.227 e. The van der Waals surface area contributed by atoms with E-state index >= 15 is 0 Å². The van der Waals surface area contributed by atoms with Gasteiger partial charge in [-0.3, -0.25) is 9.48 Å². The number of amides is 1. The number of anilines is 1. The van der Waals surface area contributed by atoms with Crippen LogP contribution in [0.25, 0.3) is 0 Å².